The Morgan fingerprint density at radius 1 is 1.02 bits per heavy atom. The number of piperazine rings is 1. The molecule has 3 unspecified atom stereocenters. The zero-order valence-electron chi connectivity index (χ0n) is 27.6. The third-order valence-electron chi connectivity index (χ3n) is 9.91. The number of amides is 2. The normalized spacial score (nSPS) is 27.9. The summed E-state index contributed by atoms with van der Waals surface area (Å²) in [6.07, 6.45) is 4.98. The van der Waals surface area contributed by atoms with Gasteiger partial charge in [-0.3, -0.25) is 19.5 Å². The molecule has 1 aromatic heterocycles. The van der Waals surface area contributed by atoms with E-state index in [0.717, 1.165) is 86.6 Å². The fourth-order valence-corrected chi connectivity index (χ4v) is 7.58. The van der Waals surface area contributed by atoms with Gasteiger partial charge in [0.1, 0.15) is 0 Å². The molecule has 5 rings (SSSR count). The molecule has 2 aromatic rings. The van der Waals surface area contributed by atoms with Gasteiger partial charge in [0.25, 0.3) is 5.91 Å². The van der Waals surface area contributed by atoms with E-state index >= 15 is 0 Å². The summed E-state index contributed by atoms with van der Waals surface area (Å²) in [5.41, 5.74) is 5.79. The Hall–Kier alpha value is -3.01. The van der Waals surface area contributed by atoms with E-state index in [1.165, 1.54) is 0 Å². The van der Waals surface area contributed by atoms with E-state index < -0.39 is 0 Å². The quantitative estimate of drug-likeness (QED) is 0.347. The highest BCUT2D eigenvalue weighted by molar-refractivity contribution is 5.99. The van der Waals surface area contributed by atoms with Crippen LogP contribution in [0.1, 0.15) is 75.5 Å². The van der Waals surface area contributed by atoms with E-state index in [2.05, 4.69) is 83.9 Å². The van der Waals surface area contributed by atoms with Gasteiger partial charge in [-0.25, -0.2) is 0 Å². The average Bonchev–Trinajstić information content (AvgIpc) is 2.98. The number of nitrogens with one attached hydrogen (secondary N) is 4. The molecule has 0 spiro atoms. The number of benzene rings is 1. The van der Waals surface area contributed by atoms with E-state index in [9.17, 15) is 9.59 Å². The molecule has 3 aliphatic rings. The molecule has 0 aliphatic carbocycles. The first kappa shape index (κ1) is 32.4. The third kappa shape index (κ3) is 7.61. The summed E-state index contributed by atoms with van der Waals surface area (Å²) in [4.78, 5) is 36.4. The number of rotatable bonds is 9. The Morgan fingerprint density at radius 3 is 2.39 bits per heavy atom. The number of hydrogen-bond acceptors (Lipinski definition) is 7. The summed E-state index contributed by atoms with van der Waals surface area (Å²) in [6.45, 7) is 19.1. The lowest BCUT2D eigenvalue weighted by molar-refractivity contribution is -0.129. The molecule has 44 heavy (non-hydrogen) atoms. The fourth-order valence-electron chi connectivity index (χ4n) is 7.58. The van der Waals surface area contributed by atoms with Gasteiger partial charge in [-0.1, -0.05) is 13.0 Å². The van der Waals surface area contributed by atoms with Crippen LogP contribution < -0.4 is 26.2 Å². The van der Waals surface area contributed by atoms with Crippen LogP contribution in [0.15, 0.2) is 30.5 Å². The number of piperidine rings is 2. The van der Waals surface area contributed by atoms with Crippen molar-refractivity contribution in [1.29, 1.82) is 0 Å². The molecule has 3 saturated heterocycles. The van der Waals surface area contributed by atoms with Crippen LogP contribution >= 0.6 is 0 Å². The number of anilines is 1. The molecule has 0 radical (unpaired) electrons. The lowest BCUT2D eigenvalue weighted by Crippen LogP contribution is -2.51. The van der Waals surface area contributed by atoms with Crippen molar-refractivity contribution in [2.75, 3.05) is 44.2 Å². The first-order chi connectivity index (χ1) is 21.1. The highest BCUT2D eigenvalue weighted by Gasteiger charge is 2.33. The number of carbonyl (C=O) groups is 2. The second-order valence-electron chi connectivity index (χ2n) is 13.6. The van der Waals surface area contributed by atoms with Crippen LogP contribution in [0.3, 0.4) is 0 Å². The Bertz CT molecular complexity index is 1280. The number of pyridine rings is 1. The Balaban J connectivity index is 1.44. The van der Waals surface area contributed by atoms with Crippen molar-refractivity contribution in [2.45, 2.75) is 91.5 Å². The number of aromatic nitrogens is 1. The van der Waals surface area contributed by atoms with Crippen molar-refractivity contribution in [3.05, 3.63) is 47.3 Å². The largest absolute Gasteiger partial charge is 0.368 e. The van der Waals surface area contributed by atoms with Gasteiger partial charge in [-0.15, -0.1) is 0 Å². The van der Waals surface area contributed by atoms with Crippen molar-refractivity contribution >= 4 is 17.5 Å². The topological polar surface area (TPSA) is 102 Å². The van der Waals surface area contributed by atoms with Crippen molar-refractivity contribution in [3.63, 3.8) is 0 Å². The molecule has 4 heterocycles. The fraction of sp³-hybridized carbons (Fsp3) is 0.629. The molecule has 3 fully saturated rings. The summed E-state index contributed by atoms with van der Waals surface area (Å²) in [5, 5.41) is 13.3. The molecule has 2 amide bonds. The second kappa shape index (κ2) is 14.4. The molecule has 9 nitrogen and oxygen atoms in total. The maximum Gasteiger partial charge on any atom is 0.251 e. The number of hydrogen-bond donors (Lipinski definition) is 4. The zero-order chi connectivity index (χ0) is 31.4. The van der Waals surface area contributed by atoms with Crippen LogP contribution in [0.25, 0.3) is 11.1 Å². The van der Waals surface area contributed by atoms with Crippen LogP contribution in [0.4, 0.5) is 5.69 Å². The maximum atomic E-state index is 13.9. The molecule has 4 N–H and O–H groups in total. The van der Waals surface area contributed by atoms with E-state index in [4.69, 9.17) is 4.98 Å². The molecule has 1 aromatic carbocycles. The van der Waals surface area contributed by atoms with Gasteiger partial charge < -0.3 is 26.2 Å². The van der Waals surface area contributed by atoms with E-state index in [0.29, 0.717) is 30.2 Å². The molecule has 0 saturated carbocycles. The second-order valence-corrected chi connectivity index (χ2v) is 13.6. The summed E-state index contributed by atoms with van der Waals surface area (Å²) in [7, 11) is 0. The first-order valence-corrected chi connectivity index (χ1v) is 16.8. The monoisotopic (exact) mass is 603 g/mol. The van der Waals surface area contributed by atoms with Gasteiger partial charge in [-0.05, 0) is 89.1 Å². The van der Waals surface area contributed by atoms with E-state index in [-0.39, 0.29) is 29.7 Å². The van der Waals surface area contributed by atoms with Gasteiger partial charge in [0.05, 0.1) is 11.6 Å². The number of nitrogens with zero attached hydrogens (tertiary/aromatic N) is 3. The summed E-state index contributed by atoms with van der Waals surface area (Å²) in [6, 6.07) is 9.93. The lowest BCUT2D eigenvalue weighted by atomic mass is 9.84. The molecule has 5 atom stereocenters. The van der Waals surface area contributed by atoms with Crippen molar-refractivity contribution < 1.29 is 9.59 Å². The van der Waals surface area contributed by atoms with Crippen molar-refractivity contribution in [2.24, 2.45) is 11.8 Å². The average molecular weight is 604 g/mol. The predicted octanol–water partition coefficient (Wildman–Crippen LogP) is 3.71. The maximum absolute atomic E-state index is 13.9. The Kier molecular flexibility index (Phi) is 10.6. The molecule has 3 aliphatic heterocycles. The molecule has 0 bridgehead atoms. The van der Waals surface area contributed by atoms with Crippen LogP contribution in [-0.2, 0) is 11.3 Å². The van der Waals surface area contributed by atoms with Crippen molar-refractivity contribution in [3.8, 4) is 11.1 Å². The first-order valence-electron chi connectivity index (χ1n) is 16.8. The lowest BCUT2D eigenvalue weighted by Gasteiger charge is -2.41. The molecular weight excluding hydrogens is 550 g/mol. The van der Waals surface area contributed by atoms with Crippen LogP contribution in [0.5, 0.6) is 0 Å². The summed E-state index contributed by atoms with van der Waals surface area (Å²) in [5.74, 6) is -0.112. The standard InChI is InChI=1S/C35H53N7O2/c1-7-42(30-15-24(4)39-25(5)16-30)33-18-28(27-8-9-29(37-19-27)21-41-12-10-36-11-13-41)17-31(26(33)6)34(43)38-20-32-22(2)14-23(3)40-35(32)44/h8-9,17-19,22-25,30,32,36,39H,7,10-16,20-21H2,1-6H3,(H,38,43)(H,40,44)/t22?,23?,24-,25-,32?/m1/s1. The minimum absolute atomic E-state index is 0.0287. The zero-order valence-corrected chi connectivity index (χ0v) is 27.6. The van der Waals surface area contributed by atoms with Gasteiger partial charge >= 0.3 is 0 Å². The predicted molar refractivity (Wildman–Crippen MR) is 178 cm³/mol. The molecule has 9 heteroatoms. The van der Waals surface area contributed by atoms with Crippen LogP contribution in [0, 0.1) is 18.8 Å². The smallest absolute Gasteiger partial charge is 0.251 e. The van der Waals surface area contributed by atoms with E-state index in [1.807, 2.05) is 19.2 Å². The highest BCUT2D eigenvalue weighted by Crippen LogP contribution is 2.34. The molecule has 240 valence electrons. The van der Waals surface area contributed by atoms with Crippen LogP contribution in [0.2, 0.25) is 0 Å². The Labute approximate surface area is 263 Å². The summed E-state index contributed by atoms with van der Waals surface area (Å²) >= 11 is 0. The van der Waals surface area contributed by atoms with Gasteiger partial charge in [-0.2, -0.15) is 0 Å². The Morgan fingerprint density at radius 2 is 1.75 bits per heavy atom. The van der Waals surface area contributed by atoms with Gasteiger partial charge in [0.2, 0.25) is 5.91 Å². The van der Waals surface area contributed by atoms with Crippen LogP contribution in [-0.4, -0.2) is 85.1 Å². The SMILES string of the molecule is CCN(c1cc(-c2ccc(CN3CCNCC3)nc2)cc(C(=O)NCC2C(=O)NC(C)CC2C)c1C)C1C[C@@H](C)N[C@H](C)C1. The minimum atomic E-state index is -0.226. The molecular formula is C35H53N7O2. The van der Waals surface area contributed by atoms with Gasteiger partial charge in [0.15, 0.2) is 0 Å². The van der Waals surface area contributed by atoms with E-state index in [1.54, 1.807) is 0 Å². The minimum Gasteiger partial charge on any atom is -0.368 e. The van der Waals surface area contributed by atoms with Crippen molar-refractivity contribution in [1.82, 2.24) is 31.2 Å². The summed E-state index contributed by atoms with van der Waals surface area (Å²) < 4.78 is 0. The third-order valence-corrected chi connectivity index (χ3v) is 9.91. The highest BCUT2D eigenvalue weighted by atomic mass is 16.2. The van der Waals surface area contributed by atoms with Gasteiger partial charge in [0, 0.05) is 93.0 Å². The number of carbonyl (C=O) groups excluding carboxylic acids is 2.